The summed E-state index contributed by atoms with van der Waals surface area (Å²) in [6.07, 6.45) is -1.74. The molecule has 0 aromatic heterocycles. The number of rotatable bonds is 7. The zero-order chi connectivity index (χ0) is 21.3. The van der Waals surface area contributed by atoms with Crippen molar-refractivity contribution in [2.45, 2.75) is 25.8 Å². The lowest BCUT2D eigenvalue weighted by molar-refractivity contribution is -0.122. The smallest absolute Gasteiger partial charge is 0.251 e. The van der Waals surface area contributed by atoms with E-state index in [1.807, 2.05) is 0 Å². The normalized spacial score (nSPS) is 19.3. The van der Waals surface area contributed by atoms with Crippen LogP contribution in [0.15, 0.2) is 37.4 Å². The van der Waals surface area contributed by atoms with E-state index in [1.165, 1.54) is 12.1 Å². The number of hydrogen-bond donors (Lipinski definition) is 2. The third-order valence-electron chi connectivity index (χ3n) is 4.37. The number of carbonyl (C=O) groups excluding carboxylic acids is 2. The molecule has 1 aliphatic rings. The van der Waals surface area contributed by atoms with Gasteiger partial charge >= 0.3 is 0 Å². The maximum atomic E-state index is 12.8. The SMILES string of the molecule is C=C.COCC1CC1C#Cc1ccc(C(=O)NC(C(N)=O)C(C)C(F)F)cc1. The number of methoxy groups -OCH3 is 1. The van der Waals surface area contributed by atoms with Gasteiger partial charge in [0, 0.05) is 30.1 Å². The summed E-state index contributed by atoms with van der Waals surface area (Å²) in [6, 6.07) is 4.97. The first-order valence-electron chi connectivity index (χ1n) is 8.82. The van der Waals surface area contributed by atoms with Crippen molar-refractivity contribution in [3.05, 3.63) is 48.6 Å². The van der Waals surface area contributed by atoms with E-state index in [1.54, 1.807) is 19.2 Å². The summed E-state index contributed by atoms with van der Waals surface area (Å²) in [4.78, 5) is 23.5. The summed E-state index contributed by atoms with van der Waals surface area (Å²) in [5.41, 5.74) is 6.11. The Morgan fingerprint density at radius 1 is 1.32 bits per heavy atom. The van der Waals surface area contributed by atoms with E-state index in [-0.39, 0.29) is 5.56 Å². The number of nitrogens with two attached hydrogens (primary N) is 1. The lowest BCUT2D eigenvalue weighted by atomic mass is 10.0. The molecule has 2 rings (SSSR count). The van der Waals surface area contributed by atoms with Gasteiger partial charge in [-0.2, -0.15) is 0 Å². The predicted octanol–water partition coefficient (Wildman–Crippen LogP) is 2.61. The van der Waals surface area contributed by atoms with Gasteiger partial charge in [-0.3, -0.25) is 9.59 Å². The lowest BCUT2D eigenvalue weighted by Gasteiger charge is -2.21. The van der Waals surface area contributed by atoms with Gasteiger partial charge in [-0.25, -0.2) is 8.78 Å². The fourth-order valence-electron chi connectivity index (χ4n) is 2.54. The van der Waals surface area contributed by atoms with Gasteiger partial charge < -0.3 is 15.8 Å². The number of alkyl halides is 2. The number of primary amides is 1. The van der Waals surface area contributed by atoms with E-state index >= 15 is 0 Å². The average Bonchev–Trinajstić information content (AvgIpc) is 3.43. The predicted molar refractivity (Wildman–Crippen MR) is 104 cm³/mol. The second kappa shape index (κ2) is 11.2. The Balaban J connectivity index is 0.00000190. The molecule has 0 bridgehead atoms. The number of ether oxygens (including phenoxy) is 1. The molecule has 4 unspecified atom stereocenters. The fraction of sp³-hybridized carbons (Fsp3) is 0.429. The standard InChI is InChI=1S/C19H22F2N2O3.C2H4/c1-11(17(20)21)16(18(22)24)23-19(25)13-6-3-12(4-7-13)5-8-14-9-15(14)10-26-2;1-2/h3-4,6-7,11,14-17H,9-10H2,1-2H3,(H2,22,24)(H,23,25);1-2H2. The second-order valence-corrected chi connectivity index (χ2v) is 6.45. The molecule has 1 aliphatic carbocycles. The summed E-state index contributed by atoms with van der Waals surface area (Å²) >= 11 is 0. The van der Waals surface area contributed by atoms with Crippen LogP contribution in [-0.2, 0) is 9.53 Å². The summed E-state index contributed by atoms with van der Waals surface area (Å²) in [7, 11) is 1.66. The van der Waals surface area contributed by atoms with Gasteiger partial charge in [0.05, 0.1) is 6.61 Å². The minimum Gasteiger partial charge on any atom is -0.384 e. The van der Waals surface area contributed by atoms with Crippen molar-refractivity contribution in [1.82, 2.24) is 5.32 Å². The van der Waals surface area contributed by atoms with Crippen molar-refractivity contribution in [3.63, 3.8) is 0 Å². The summed E-state index contributed by atoms with van der Waals surface area (Å²) in [5, 5.41) is 2.27. The molecule has 0 saturated heterocycles. The maximum Gasteiger partial charge on any atom is 0.251 e. The summed E-state index contributed by atoms with van der Waals surface area (Å²) in [6.45, 7) is 7.87. The highest BCUT2D eigenvalue weighted by molar-refractivity contribution is 5.97. The van der Waals surface area contributed by atoms with E-state index in [9.17, 15) is 18.4 Å². The molecule has 0 aliphatic heterocycles. The molecule has 4 atom stereocenters. The molecule has 7 heteroatoms. The highest BCUT2D eigenvalue weighted by Gasteiger charge is 2.35. The third kappa shape index (κ3) is 6.78. The average molecular weight is 392 g/mol. The Labute approximate surface area is 164 Å². The van der Waals surface area contributed by atoms with Crippen molar-refractivity contribution in [2.24, 2.45) is 23.5 Å². The van der Waals surface area contributed by atoms with Crippen LogP contribution >= 0.6 is 0 Å². The first kappa shape index (κ1) is 23.3. The third-order valence-corrected chi connectivity index (χ3v) is 4.37. The van der Waals surface area contributed by atoms with Crippen LogP contribution < -0.4 is 11.1 Å². The summed E-state index contributed by atoms with van der Waals surface area (Å²) in [5.74, 6) is 4.02. The lowest BCUT2D eigenvalue weighted by Crippen LogP contribution is -2.50. The number of amides is 2. The van der Waals surface area contributed by atoms with Crippen LogP contribution in [0.2, 0.25) is 0 Å². The zero-order valence-corrected chi connectivity index (χ0v) is 16.1. The van der Waals surface area contributed by atoms with Crippen molar-refractivity contribution in [1.29, 1.82) is 0 Å². The molecule has 0 radical (unpaired) electrons. The monoisotopic (exact) mass is 392 g/mol. The van der Waals surface area contributed by atoms with Gasteiger partial charge in [-0.05, 0) is 36.6 Å². The number of hydrogen-bond acceptors (Lipinski definition) is 3. The molecule has 3 N–H and O–H groups in total. The van der Waals surface area contributed by atoms with E-state index in [0.717, 1.165) is 18.9 Å². The van der Waals surface area contributed by atoms with Gasteiger partial charge in [0.25, 0.3) is 5.91 Å². The molecule has 2 amide bonds. The number of carbonyl (C=O) groups is 2. The van der Waals surface area contributed by atoms with Crippen molar-refractivity contribution >= 4 is 11.8 Å². The van der Waals surface area contributed by atoms with Crippen LogP contribution in [0.3, 0.4) is 0 Å². The van der Waals surface area contributed by atoms with E-state index in [4.69, 9.17) is 10.5 Å². The summed E-state index contributed by atoms with van der Waals surface area (Å²) < 4.78 is 30.7. The minimum absolute atomic E-state index is 0.243. The number of nitrogens with one attached hydrogen (secondary N) is 1. The van der Waals surface area contributed by atoms with Gasteiger partial charge in [-0.15, -0.1) is 13.2 Å². The molecule has 152 valence electrons. The topological polar surface area (TPSA) is 81.4 Å². The zero-order valence-electron chi connectivity index (χ0n) is 16.1. The Morgan fingerprint density at radius 2 is 1.93 bits per heavy atom. The quantitative estimate of drug-likeness (QED) is 0.553. The van der Waals surface area contributed by atoms with Crippen LogP contribution in [0.4, 0.5) is 8.78 Å². The molecule has 1 fully saturated rings. The Kier molecular flexibility index (Phi) is 9.33. The molecule has 0 spiro atoms. The minimum atomic E-state index is -2.77. The first-order chi connectivity index (χ1) is 13.3. The van der Waals surface area contributed by atoms with Crippen molar-refractivity contribution in [2.75, 3.05) is 13.7 Å². The molecule has 1 saturated carbocycles. The second-order valence-electron chi connectivity index (χ2n) is 6.45. The number of benzene rings is 1. The molecule has 0 heterocycles. The first-order valence-corrected chi connectivity index (χ1v) is 8.82. The Bertz CT molecular complexity index is 725. The Morgan fingerprint density at radius 3 is 2.43 bits per heavy atom. The largest absolute Gasteiger partial charge is 0.384 e. The van der Waals surface area contributed by atoms with Crippen LogP contribution in [0, 0.1) is 29.6 Å². The molecule has 1 aromatic rings. The number of halogens is 2. The highest BCUT2D eigenvalue weighted by Crippen LogP contribution is 2.37. The van der Waals surface area contributed by atoms with Crippen molar-refractivity contribution in [3.8, 4) is 11.8 Å². The molecule has 28 heavy (non-hydrogen) atoms. The Hall–Kier alpha value is -2.72. The molecule has 5 nitrogen and oxygen atoms in total. The van der Waals surface area contributed by atoms with Gasteiger partial charge in [-0.1, -0.05) is 18.8 Å². The van der Waals surface area contributed by atoms with Crippen LogP contribution in [0.1, 0.15) is 29.3 Å². The van der Waals surface area contributed by atoms with E-state index < -0.39 is 30.2 Å². The van der Waals surface area contributed by atoms with E-state index in [0.29, 0.717) is 18.4 Å². The van der Waals surface area contributed by atoms with Crippen LogP contribution in [-0.4, -0.2) is 38.0 Å². The fourth-order valence-corrected chi connectivity index (χ4v) is 2.54. The molecular weight excluding hydrogens is 366 g/mol. The van der Waals surface area contributed by atoms with Gasteiger partial charge in [0.15, 0.2) is 0 Å². The molecular formula is C21H26F2N2O3. The van der Waals surface area contributed by atoms with E-state index in [2.05, 4.69) is 30.3 Å². The molecule has 1 aromatic carbocycles. The highest BCUT2D eigenvalue weighted by atomic mass is 19.3. The van der Waals surface area contributed by atoms with Crippen LogP contribution in [0.25, 0.3) is 0 Å². The van der Waals surface area contributed by atoms with Gasteiger partial charge in [0.1, 0.15) is 6.04 Å². The van der Waals surface area contributed by atoms with Crippen LogP contribution in [0.5, 0.6) is 0 Å². The maximum absolute atomic E-state index is 12.8. The van der Waals surface area contributed by atoms with Crippen molar-refractivity contribution < 1.29 is 23.1 Å². The van der Waals surface area contributed by atoms with Gasteiger partial charge in [0.2, 0.25) is 12.3 Å².